The summed E-state index contributed by atoms with van der Waals surface area (Å²) in [5, 5.41) is 3.51. The second kappa shape index (κ2) is 6.14. The van der Waals surface area contributed by atoms with Gasteiger partial charge in [0.25, 0.3) is 0 Å². The second-order valence-electron chi connectivity index (χ2n) is 6.14. The van der Waals surface area contributed by atoms with E-state index in [0.29, 0.717) is 25.0 Å². The molecule has 0 aliphatic heterocycles. The summed E-state index contributed by atoms with van der Waals surface area (Å²) in [6.45, 7) is 2.97. The topological polar surface area (TPSA) is 38.3 Å². The van der Waals surface area contributed by atoms with E-state index in [1.807, 2.05) is 6.92 Å². The highest BCUT2D eigenvalue weighted by atomic mass is 19.1. The molecule has 0 spiro atoms. The van der Waals surface area contributed by atoms with Crippen LogP contribution in [0.25, 0.3) is 0 Å². The molecule has 4 heteroatoms. The van der Waals surface area contributed by atoms with Gasteiger partial charge in [-0.25, -0.2) is 4.39 Å². The first-order valence-corrected chi connectivity index (χ1v) is 7.83. The first-order valence-electron chi connectivity index (χ1n) is 7.83. The molecule has 0 radical (unpaired) electrons. The average Bonchev–Trinajstić information content (AvgIpc) is 3.07. The lowest BCUT2D eigenvalue weighted by atomic mass is 9.84. The summed E-state index contributed by atoms with van der Waals surface area (Å²) in [4.78, 5) is 12.2. The van der Waals surface area contributed by atoms with Crippen LogP contribution in [-0.4, -0.2) is 18.6 Å². The largest absolute Gasteiger partial charge is 0.466 e. The maximum atomic E-state index is 12.9. The average molecular weight is 291 g/mol. The van der Waals surface area contributed by atoms with Crippen molar-refractivity contribution in [2.75, 3.05) is 6.61 Å². The van der Waals surface area contributed by atoms with E-state index < -0.39 is 0 Å². The van der Waals surface area contributed by atoms with Crippen LogP contribution in [0, 0.1) is 23.6 Å². The molecule has 2 aliphatic carbocycles. The third kappa shape index (κ3) is 2.95. The number of nitrogens with one attached hydrogen (secondary N) is 1. The van der Waals surface area contributed by atoms with E-state index in [2.05, 4.69) is 5.32 Å². The summed E-state index contributed by atoms with van der Waals surface area (Å²) in [6.07, 6.45) is 3.47. The van der Waals surface area contributed by atoms with E-state index in [1.54, 1.807) is 12.1 Å². The monoisotopic (exact) mass is 291 g/mol. The number of ether oxygens (including phenoxy) is 1. The lowest BCUT2D eigenvalue weighted by Crippen LogP contribution is -2.44. The van der Waals surface area contributed by atoms with Gasteiger partial charge in [-0.3, -0.25) is 4.79 Å². The van der Waals surface area contributed by atoms with Crippen molar-refractivity contribution >= 4 is 5.97 Å². The molecule has 0 heterocycles. The Kier molecular flexibility index (Phi) is 4.24. The van der Waals surface area contributed by atoms with Crippen molar-refractivity contribution in [3.8, 4) is 0 Å². The minimum Gasteiger partial charge on any atom is -0.466 e. The fourth-order valence-electron chi connectivity index (χ4n) is 4.00. The number of hydrogen-bond donors (Lipinski definition) is 1. The number of benzene rings is 1. The molecule has 114 valence electrons. The van der Waals surface area contributed by atoms with Gasteiger partial charge < -0.3 is 10.1 Å². The van der Waals surface area contributed by atoms with Crippen LogP contribution in [0.4, 0.5) is 4.39 Å². The Bertz CT molecular complexity index is 502. The van der Waals surface area contributed by atoms with E-state index in [-0.39, 0.29) is 23.7 Å². The SMILES string of the molecule is CCOC(=O)[C@@H]1[C@@H]2CC[C@H](C2)[C@H]1NCc1ccc(F)cc1. The van der Waals surface area contributed by atoms with Gasteiger partial charge in [-0.15, -0.1) is 0 Å². The van der Waals surface area contributed by atoms with Gasteiger partial charge in [0.15, 0.2) is 0 Å². The minimum absolute atomic E-state index is 0.0100. The zero-order valence-electron chi connectivity index (χ0n) is 12.3. The van der Waals surface area contributed by atoms with Gasteiger partial charge in [-0.1, -0.05) is 12.1 Å². The quantitative estimate of drug-likeness (QED) is 0.848. The smallest absolute Gasteiger partial charge is 0.310 e. The second-order valence-corrected chi connectivity index (χ2v) is 6.14. The van der Waals surface area contributed by atoms with Gasteiger partial charge in [0.05, 0.1) is 12.5 Å². The van der Waals surface area contributed by atoms with Gasteiger partial charge in [-0.2, -0.15) is 0 Å². The third-order valence-electron chi connectivity index (χ3n) is 4.93. The summed E-state index contributed by atoms with van der Waals surface area (Å²) >= 11 is 0. The van der Waals surface area contributed by atoms with Crippen LogP contribution in [-0.2, 0) is 16.1 Å². The standard InChI is InChI=1S/C17H22FNO2/c1-2-21-17(20)15-12-5-6-13(9-12)16(15)19-10-11-3-7-14(18)8-4-11/h3-4,7-8,12-13,15-16,19H,2,5-6,9-10H2,1H3/t12-,13-,15-,16-/m1/s1. The molecule has 2 bridgehead atoms. The summed E-state index contributed by atoms with van der Waals surface area (Å²) in [7, 11) is 0. The molecule has 2 fully saturated rings. The maximum Gasteiger partial charge on any atom is 0.310 e. The molecule has 3 nitrogen and oxygen atoms in total. The van der Waals surface area contributed by atoms with Crippen LogP contribution < -0.4 is 5.32 Å². The van der Waals surface area contributed by atoms with Crippen molar-refractivity contribution in [2.24, 2.45) is 17.8 Å². The maximum absolute atomic E-state index is 12.9. The number of carbonyl (C=O) groups excluding carboxylic acids is 1. The van der Waals surface area contributed by atoms with Crippen LogP contribution >= 0.6 is 0 Å². The molecular weight excluding hydrogens is 269 g/mol. The number of fused-ring (bicyclic) bond motifs is 2. The van der Waals surface area contributed by atoms with Crippen LogP contribution in [0.5, 0.6) is 0 Å². The Balaban J connectivity index is 1.65. The molecular formula is C17H22FNO2. The van der Waals surface area contributed by atoms with E-state index in [0.717, 1.165) is 18.4 Å². The molecule has 0 amide bonds. The zero-order valence-corrected chi connectivity index (χ0v) is 12.3. The van der Waals surface area contributed by atoms with Gasteiger partial charge in [-0.05, 0) is 55.7 Å². The van der Waals surface area contributed by atoms with E-state index in [1.165, 1.54) is 18.6 Å². The number of carbonyl (C=O) groups is 1. The Morgan fingerprint density at radius 1 is 1.29 bits per heavy atom. The lowest BCUT2D eigenvalue weighted by Gasteiger charge is -2.30. The summed E-state index contributed by atoms with van der Waals surface area (Å²) in [6, 6.07) is 6.72. The van der Waals surface area contributed by atoms with Crippen molar-refractivity contribution < 1.29 is 13.9 Å². The molecule has 0 aromatic heterocycles. The minimum atomic E-state index is -0.219. The van der Waals surface area contributed by atoms with Crippen LogP contribution in [0.3, 0.4) is 0 Å². The Morgan fingerprint density at radius 2 is 2.00 bits per heavy atom. The van der Waals surface area contributed by atoms with Crippen molar-refractivity contribution in [1.82, 2.24) is 5.32 Å². The molecule has 3 rings (SSSR count). The predicted octanol–water partition coefficient (Wildman–Crippen LogP) is 2.89. The molecule has 2 saturated carbocycles. The molecule has 0 unspecified atom stereocenters. The van der Waals surface area contributed by atoms with E-state index in [9.17, 15) is 9.18 Å². The van der Waals surface area contributed by atoms with Crippen LogP contribution in [0.2, 0.25) is 0 Å². The highest BCUT2D eigenvalue weighted by molar-refractivity contribution is 5.74. The van der Waals surface area contributed by atoms with E-state index >= 15 is 0 Å². The van der Waals surface area contributed by atoms with Crippen molar-refractivity contribution in [2.45, 2.75) is 38.8 Å². The molecule has 1 aromatic rings. The Labute approximate surface area is 124 Å². The van der Waals surface area contributed by atoms with Crippen LogP contribution in [0.15, 0.2) is 24.3 Å². The fraction of sp³-hybridized carbons (Fsp3) is 0.588. The molecule has 0 saturated heterocycles. The molecule has 21 heavy (non-hydrogen) atoms. The summed E-state index contributed by atoms with van der Waals surface area (Å²) < 4.78 is 18.2. The van der Waals surface area contributed by atoms with Gasteiger partial charge >= 0.3 is 5.97 Å². The molecule has 1 N–H and O–H groups in total. The highest BCUT2D eigenvalue weighted by Crippen LogP contribution is 2.49. The summed E-state index contributed by atoms with van der Waals surface area (Å²) in [5.41, 5.74) is 1.04. The molecule has 1 aromatic carbocycles. The number of esters is 1. The number of rotatable bonds is 5. The zero-order chi connectivity index (χ0) is 14.8. The molecule has 4 atom stereocenters. The highest BCUT2D eigenvalue weighted by Gasteiger charge is 2.51. The Morgan fingerprint density at radius 3 is 2.71 bits per heavy atom. The summed E-state index contributed by atoms with van der Waals surface area (Å²) in [5.74, 6) is 0.762. The Hall–Kier alpha value is -1.42. The third-order valence-corrected chi connectivity index (χ3v) is 4.93. The first kappa shape index (κ1) is 14.5. The van der Waals surface area contributed by atoms with Crippen LogP contribution in [0.1, 0.15) is 31.7 Å². The van der Waals surface area contributed by atoms with Crippen molar-refractivity contribution in [3.05, 3.63) is 35.6 Å². The van der Waals surface area contributed by atoms with Gasteiger partial charge in [0, 0.05) is 12.6 Å². The molecule has 2 aliphatic rings. The number of halogens is 1. The van der Waals surface area contributed by atoms with Gasteiger partial charge in [0.2, 0.25) is 0 Å². The van der Waals surface area contributed by atoms with Crippen molar-refractivity contribution in [3.63, 3.8) is 0 Å². The van der Waals surface area contributed by atoms with Gasteiger partial charge in [0.1, 0.15) is 5.82 Å². The number of hydrogen-bond acceptors (Lipinski definition) is 3. The first-order chi connectivity index (χ1) is 10.2. The van der Waals surface area contributed by atoms with E-state index in [4.69, 9.17) is 4.74 Å². The van der Waals surface area contributed by atoms with Crippen molar-refractivity contribution in [1.29, 1.82) is 0 Å². The normalized spacial score (nSPS) is 30.6. The fourth-order valence-corrected chi connectivity index (χ4v) is 4.00. The lowest BCUT2D eigenvalue weighted by molar-refractivity contribution is -0.150. The predicted molar refractivity (Wildman–Crippen MR) is 78.0 cm³/mol.